The highest BCUT2D eigenvalue weighted by Crippen LogP contribution is 2.22. The molecule has 0 aliphatic heterocycles. The molecule has 86 valence electrons. The molecule has 0 bridgehead atoms. The highest BCUT2D eigenvalue weighted by atomic mass is 79.9. The Morgan fingerprint density at radius 2 is 2.19 bits per heavy atom. The molecule has 0 spiro atoms. The molecule has 0 saturated carbocycles. The molecular weight excluding hydrogens is 273 g/mol. The predicted molar refractivity (Wildman–Crippen MR) is 64.2 cm³/mol. The molecule has 2 nitrogen and oxygen atoms in total. The van der Waals surface area contributed by atoms with Crippen molar-refractivity contribution >= 4 is 15.9 Å². The fourth-order valence-electron chi connectivity index (χ4n) is 0.994. The Kier molecular flexibility index (Phi) is 4.31. The van der Waals surface area contributed by atoms with Gasteiger partial charge < -0.3 is 4.74 Å². The van der Waals surface area contributed by atoms with Crippen LogP contribution in [0.25, 0.3) is 0 Å². The SMILES string of the molecule is CC(C)(CBr)COc1ccc(C#N)c(F)c1. The normalized spacial score (nSPS) is 10.9. The fraction of sp³-hybridized carbons (Fsp3) is 0.417. The Morgan fingerprint density at radius 3 is 2.69 bits per heavy atom. The van der Waals surface area contributed by atoms with Gasteiger partial charge in [0.1, 0.15) is 17.6 Å². The van der Waals surface area contributed by atoms with Gasteiger partial charge in [0.2, 0.25) is 0 Å². The highest BCUT2D eigenvalue weighted by molar-refractivity contribution is 9.09. The van der Waals surface area contributed by atoms with Gasteiger partial charge in [0.25, 0.3) is 0 Å². The first-order chi connectivity index (χ1) is 7.48. The highest BCUT2D eigenvalue weighted by Gasteiger charge is 2.17. The van der Waals surface area contributed by atoms with E-state index in [4.69, 9.17) is 10.00 Å². The van der Waals surface area contributed by atoms with Crippen molar-refractivity contribution in [1.82, 2.24) is 0 Å². The second-order valence-electron chi connectivity index (χ2n) is 4.34. The van der Waals surface area contributed by atoms with Gasteiger partial charge in [-0.05, 0) is 12.1 Å². The van der Waals surface area contributed by atoms with Crippen LogP contribution in [-0.4, -0.2) is 11.9 Å². The minimum atomic E-state index is -0.545. The molecule has 1 aromatic carbocycles. The van der Waals surface area contributed by atoms with Crippen molar-refractivity contribution in [3.63, 3.8) is 0 Å². The zero-order valence-electron chi connectivity index (χ0n) is 9.26. The smallest absolute Gasteiger partial charge is 0.144 e. The van der Waals surface area contributed by atoms with Gasteiger partial charge >= 0.3 is 0 Å². The number of alkyl halides is 1. The van der Waals surface area contributed by atoms with Gasteiger partial charge in [-0.2, -0.15) is 5.26 Å². The van der Waals surface area contributed by atoms with E-state index in [2.05, 4.69) is 15.9 Å². The number of hydrogen-bond acceptors (Lipinski definition) is 2. The molecule has 1 aromatic rings. The molecular formula is C12H13BrFNO. The molecule has 1 rings (SSSR count). The minimum Gasteiger partial charge on any atom is -0.493 e. The molecule has 0 aliphatic carbocycles. The lowest BCUT2D eigenvalue weighted by molar-refractivity contribution is 0.202. The monoisotopic (exact) mass is 285 g/mol. The van der Waals surface area contributed by atoms with Crippen LogP contribution in [0.4, 0.5) is 4.39 Å². The molecule has 0 heterocycles. The molecule has 0 fully saturated rings. The molecule has 0 amide bonds. The Balaban J connectivity index is 2.70. The van der Waals surface area contributed by atoms with Crippen molar-refractivity contribution in [2.24, 2.45) is 5.41 Å². The summed E-state index contributed by atoms with van der Waals surface area (Å²) >= 11 is 3.38. The summed E-state index contributed by atoms with van der Waals surface area (Å²) in [6.07, 6.45) is 0. The van der Waals surface area contributed by atoms with Crippen LogP contribution in [0.2, 0.25) is 0 Å². The van der Waals surface area contributed by atoms with E-state index >= 15 is 0 Å². The van der Waals surface area contributed by atoms with E-state index < -0.39 is 5.82 Å². The summed E-state index contributed by atoms with van der Waals surface area (Å²) in [7, 11) is 0. The van der Waals surface area contributed by atoms with E-state index in [1.165, 1.54) is 12.1 Å². The first kappa shape index (κ1) is 13.0. The van der Waals surface area contributed by atoms with Gasteiger partial charge in [0.05, 0.1) is 12.2 Å². The van der Waals surface area contributed by atoms with Crippen molar-refractivity contribution in [2.45, 2.75) is 13.8 Å². The number of ether oxygens (including phenoxy) is 1. The first-order valence-electron chi connectivity index (χ1n) is 4.87. The van der Waals surface area contributed by atoms with Gasteiger partial charge in [-0.1, -0.05) is 29.8 Å². The van der Waals surface area contributed by atoms with E-state index in [-0.39, 0.29) is 11.0 Å². The second kappa shape index (κ2) is 5.31. The predicted octanol–water partition coefficient (Wildman–Crippen LogP) is 3.50. The maximum absolute atomic E-state index is 13.2. The average molecular weight is 286 g/mol. The van der Waals surface area contributed by atoms with Crippen LogP contribution < -0.4 is 4.74 Å². The van der Waals surface area contributed by atoms with Crippen molar-refractivity contribution < 1.29 is 9.13 Å². The lowest BCUT2D eigenvalue weighted by Crippen LogP contribution is -2.22. The van der Waals surface area contributed by atoms with Crippen LogP contribution in [0, 0.1) is 22.6 Å². The van der Waals surface area contributed by atoms with Crippen LogP contribution in [0.1, 0.15) is 19.4 Å². The zero-order chi connectivity index (χ0) is 12.2. The molecule has 4 heteroatoms. The molecule has 0 atom stereocenters. The topological polar surface area (TPSA) is 33.0 Å². The zero-order valence-corrected chi connectivity index (χ0v) is 10.8. The average Bonchev–Trinajstić information content (AvgIpc) is 2.27. The van der Waals surface area contributed by atoms with E-state index in [9.17, 15) is 4.39 Å². The summed E-state index contributed by atoms with van der Waals surface area (Å²) in [5, 5.41) is 9.37. The van der Waals surface area contributed by atoms with Crippen LogP contribution in [-0.2, 0) is 0 Å². The summed E-state index contributed by atoms with van der Waals surface area (Å²) in [4.78, 5) is 0. The number of hydrogen-bond donors (Lipinski definition) is 0. The van der Waals surface area contributed by atoms with Gasteiger partial charge in [0.15, 0.2) is 0 Å². The lowest BCUT2D eigenvalue weighted by Gasteiger charge is -2.21. The van der Waals surface area contributed by atoms with E-state index in [1.807, 2.05) is 13.8 Å². The first-order valence-corrected chi connectivity index (χ1v) is 5.99. The molecule has 0 N–H and O–H groups in total. The van der Waals surface area contributed by atoms with Gasteiger partial charge in [-0.3, -0.25) is 0 Å². The van der Waals surface area contributed by atoms with Gasteiger partial charge in [-0.25, -0.2) is 4.39 Å². The summed E-state index contributed by atoms with van der Waals surface area (Å²) in [6.45, 7) is 4.58. The maximum atomic E-state index is 13.2. The third-order valence-electron chi connectivity index (χ3n) is 2.05. The molecule has 0 radical (unpaired) electrons. The summed E-state index contributed by atoms with van der Waals surface area (Å²) in [5.74, 6) is -0.0952. The Morgan fingerprint density at radius 1 is 1.50 bits per heavy atom. The molecule has 16 heavy (non-hydrogen) atoms. The molecule has 0 saturated heterocycles. The summed E-state index contributed by atoms with van der Waals surface area (Å²) < 4.78 is 18.7. The third kappa shape index (κ3) is 3.49. The second-order valence-corrected chi connectivity index (χ2v) is 4.90. The maximum Gasteiger partial charge on any atom is 0.144 e. The number of rotatable bonds is 4. The number of nitrogens with zero attached hydrogens (tertiary/aromatic N) is 1. The van der Waals surface area contributed by atoms with Crippen molar-refractivity contribution in [2.75, 3.05) is 11.9 Å². The van der Waals surface area contributed by atoms with Crippen LogP contribution >= 0.6 is 15.9 Å². The van der Waals surface area contributed by atoms with Crippen LogP contribution in [0.3, 0.4) is 0 Å². The van der Waals surface area contributed by atoms with E-state index in [1.54, 1.807) is 12.1 Å². The van der Waals surface area contributed by atoms with Gasteiger partial charge in [-0.15, -0.1) is 0 Å². The Bertz CT molecular complexity index is 412. The summed E-state index contributed by atoms with van der Waals surface area (Å²) in [6, 6.07) is 6.03. The fourth-order valence-corrected chi connectivity index (χ4v) is 1.16. The van der Waals surface area contributed by atoms with Crippen LogP contribution in [0.5, 0.6) is 5.75 Å². The van der Waals surface area contributed by atoms with Crippen molar-refractivity contribution in [1.29, 1.82) is 5.26 Å². The van der Waals surface area contributed by atoms with Gasteiger partial charge in [0, 0.05) is 16.8 Å². The number of halogens is 2. The van der Waals surface area contributed by atoms with E-state index in [0.717, 1.165) is 5.33 Å². The summed E-state index contributed by atoms with van der Waals surface area (Å²) in [5.41, 5.74) is 0.0248. The standard InChI is InChI=1S/C12H13BrFNO/c1-12(2,7-13)8-16-10-4-3-9(6-15)11(14)5-10/h3-5H,7-8H2,1-2H3. The van der Waals surface area contributed by atoms with Crippen LogP contribution in [0.15, 0.2) is 18.2 Å². The number of nitriles is 1. The number of benzene rings is 1. The lowest BCUT2D eigenvalue weighted by atomic mass is 9.98. The minimum absolute atomic E-state index is 0.00955. The van der Waals surface area contributed by atoms with E-state index in [0.29, 0.717) is 12.4 Å². The third-order valence-corrected chi connectivity index (χ3v) is 3.57. The Labute approximate surface area is 103 Å². The largest absolute Gasteiger partial charge is 0.493 e. The molecule has 0 aromatic heterocycles. The van der Waals surface area contributed by atoms with Crippen molar-refractivity contribution in [3.8, 4) is 11.8 Å². The van der Waals surface area contributed by atoms with Crippen molar-refractivity contribution in [3.05, 3.63) is 29.6 Å². The quantitative estimate of drug-likeness (QED) is 0.794. The molecule has 0 aliphatic rings. The molecule has 0 unspecified atom stereocenters. The Hall–Kier alpha value is -1.08.